The van der Waals surface area contributed by atoms with Crippen LogP contribution in [-0.2, 0) is 28.5 Å². The fraction of sp³-hybridized carbons (Fsp3) is 0.500. The lowest BCUT2D eigenvalue weighted by molar-refractivity contribution is -0.125. The molecule has 1 aromatic carbocycles. The first-order chi connectivity index (χ1) is 14.7. The highest BCUT2D eigenvalue weighted by Gasteiger charge is 2.41. The summed E-state index contributed by atoms with van der Waals surface area (Å²) in [7, 11) is 2.54. The monoisotopic (exact) mass is 451 g/mol. The van der Waals surface area contributed by atoms with E-state index in [1.165, 1.54) is 7.05 Å². The molecule has 10 nitrogen and oxygen atoms in total. The molecular weight excluding hydrogens is 422 g/mol. The minimum absolute atomic E-state index is 0.310. The first-order valence-corrected chi connectivity index (χ1v) is 11.3. The van der Waals surface area contributed by atoms with E-state index < -0.39 is 22.3 Å². The number of likely N-dealkylation sites (N-methyl/N-ethyl adjacent to an activating group) is 1. The van der Waals surface area contributed by atoms with Gasteiger partial charge in [-0.05, 0) is 37.5 Å². The second-order valence-electron chi connectivity index (χ2n) is 7.48. The number of benzene rings is 1. The Bertz CT molecular complexity index is 1050. The minimum atomic E-state index is -3.80. The first-order valence-electron chi connectivity index (χ1n) is 9.90. The molecule has 1 fully saturated rings. The third kappa shape index (κ3) is 4.83. The van der Waals surface area contributed by atoms with Crippen LogP contribution in [-0.4, -0.2) is 62.3 Å². The molecule has 2 atom stereocenters. The molecule has 0 bridgehead atoms. The standard InChI is InChI=1S/C20H29N5O5S/c1-13-15(12-22-24(13)2)16-11-17(25(3)31(27,28)23-16)20(26)21-9-8-14-6-7-18(29-4)19(10-14)30-5/h6-7,10,12,16-17,23H,8-9,11H2,1-5H3,(H,21,26)/t16-,17+/m0/s1. The van der Waals surface area contributed by atoms with Crippen molar-refractivity contribution in [2.24, 2.45) is 7.05 Å². The lowest BCUT2D eigenvalue weighted by Crippen LogP contribution is -2.57. The van der Waals surface area contributed by atoms with Gasteiger partial charge < -0.3 is 14.8 Å². The fourth-order valence-corrected chi connectivity index (χ4v) is 4.92. The molecule has 0 spiro atoms. The second kappa shape index (κ2) is 9.25. The number of nitrogens with one attached hydrogen (secondary N) is 2. The summed E-state index contributed by atoms with van der Waals surface area (Å²) in [6.07, 6.45) is 2.52. The van der Waals surface area contributed by atoms with Gasteiger partial charge >= 0.3 is 0 Å². The summed E-state index contributed by atoms with van der Waals surface area (Å²) in [4.78, 5) is 12.9. The fourth-order valence-electron chi connectivity index (χ4n) is 3.65. The molecule has 0 aliphatic carbocycles. The van der Waals surface area contributed by atoms with Gasteiger partial charge in [-0.2, -0.15) is 22.5 Å². The van der Waals surface area contributed by atoms with Crippen molar-refractivity contribution in [3.8, 4) is 11.5 Å². The van der Waals surface area contributed by atoms with E-state index in [0.717, 1.165) is 21.1 Å². The van der Waals surface area contributed by atoms with Crippen LogP contribution in [0.4, 0.5) is 0 Å². The van der Waals surface area contributed by atoms with E-state index >= 15 is 0 Å². The predicted octanol–water partition coefficient (Wildman–Crippen LogP) is 0.684. The zero-order valence-electron chi connectivity index (χ0n) is 18.4. The number of amides is 1. The highest BCUT2D eigenvalue weighted by atomic mass is 32.2. The summed E-state index contributed by atoms with van der Waals surface area (Å²) < 4.78 is 41.2. The van der Waals surface area contributed by atoms with Gasteiger partial charge in [0.15, 0.2) is 11.5 Å². The van der Waals surface area contributed by atoms with Gasteiger partial charge in [0.05, 0.1) is 26.5 Å². The van der Waals surface area contributed by atoms with Crippen LogP contribution in [0.2, 0.25) is 0 Å². The molecule has 11 heteroatoms. The van der Waals surface area contributed by atoms with Gasteiger partial charge in [0.25, 0.3) is 10.2 Å². The number of hydrogen-bond acceptors (Lipinski definition) is 6. The van der Waals surface area contributed by atoms with Crippen LogP contribution in [0.3, 0.4) is 0 Å². The van der Waals surface area contributed by atoms with E-state index in [4.69, 9.17) is 9.47 Å². The third-order valence-electron chi connectivity index (χ3n) is 5.68. The number of ether oxygens (including phenoxy) is 2. The minimum Gasteiger partial charge on any atom is -0.493 e. The zero-order chi connectivity index (χ0) is 22.8. The topological polar surface area (TPSA) is 115 Å². The smallest absolute Gasteiger partial charge is 0.280 e. The number of hydrogen-bond donors (Lipinski definition) is 2. The van der Waals surface area contributed by atoms with Gasteiger partial charge in [-0.3, -0.25) is 9.48 Å². The Kier molecular flexibility index (Phi) is 6.87. The number of carbonyl (C=O) groups excluding carboxylic acids is 1. The molecule has 2 heterocycles. The number of carbonyl (C=O) groups is 1. The molecule has 1 aliphatic rings. The molecule has 0 unspecified atom stereocenters. The van der Waals surface area contributed by atoms with E-state index in [1.807, 2.05) is 25.1 Å². The second-order valence-corrected chi connectivity index (χ2v) is 9.24. The Morgan fingerprint density at radius 2 is 1.97 bits per heavy atom. The van der Waals surface area contributed by atoms with Crippen molar-refractivity contribution >= 4 is 16.1 Å². The van der Waals surface area contributed by atoms with E-state index in [-0.39, 0.29) is 5.91 Å². The Balaban J connectivity index is 1.67. The molecule has 0 radical (unpaired) electrons. The van der Waals surface area contributed by atoms with Gasteiger partial charge in [0.2, 0.25) is 5.91 Å². The summed E-state index contributed by atoms with van der Waals surface area (Å²) in [5.74, 6) is 0.915. The zero-order valence-corrected chi connectivity index (χ0v) is 19.2. The Labute approximate surface area is 182 Å². The molecule has 31 heavy (non-hydrogen) atoms. The van der Waals surface area contributed by atoms with Crippen LogP contribution >= 0.6 is 0 Å². The Morgan fingerprint density at radius 3 is 2.58 bits per heavy atom. The molecule has 2 aromatic rings. The molecule has 1 amide bonds. The van der Waals surface area contributed by atoms with Crippen LogP contribution in [0.15, 0.2) is 24.4 Å². The van der Waals surface area contributed by atoms with Crippen molar-refractivity contribution in [1.82, 2.24) is 24.1 Å². The summed E-state index contributed by atoms with van der Waals surface area (Å²) in [6.45, 7) is 2.23. The summed E-state index contributed by atoms with van der Waals surface area (Å²) in [5, 5.41) is 7.05. The quantitative estimate of drug-likeness (QED) is 0.640. The molecule has 1 aromatic heterocycles. The van der Waals surface area contributed by atoms with Crippen molar-refractivity contribution in [3.63, 3.8) is 0 Å². The van der Waals surface area contributed by atoms with Crippen molar-refractivity contribution in [2.45, 2.75) is 31.8 Å². The van der Waals surface area contributed by atoms with Crippen molar-refractivity contribution in [2.75, 3.05) is 27.8 Å². The first kappa shape index (κ1) is 23.0. The van der Waals surface area contributed by atoms with E-state index in [9.17, 15) is 13.2 Å². The molecular formula is C20H29N5O5S. The van der Waals surface area contributed by atoms with Crippen LogP contribution < -0.4 is 19.5 Å². The SMILES string of the molecule is COc1ccc(CCNC(=O)[C@H]2C[C@@H](c3cnn(C)c3C)NS(=O)(=O)N2C)cc1OC. The van der Waals surface area contributed by atoms with Gasteiger partial charge in [-0.25, -0.2) is 0 Å². The van der Waals surface area contributed by atoms with Gasteiger partial charge in [-0.15, -0.1) is 0 Å². The van der Waals surface area contributed by atoms with Crippen LogP contribution in [0, 0.1) is 6.92 Å². The molecule has 2 N–H and O–H groups in total. The average Bonchev–Trinajstić information content (AvgIpc) is 3.08. The van der Waals surface area contributed by atoms with Gasteiger partial charge in [-0.1, -0.05) is 6.07 Å². The van der Waals surface area contributed by atoms with Crippen LogP contribution in [0.25, 0.3) is 0 Å². The average molecular weight is 452 g/mol. The van der Waals surface area contributed by atoms with Crippen molar-refractivity contribution < 1.29 is 22.7 Å². The summed E-state index contributed by atoms with van der Waals surface area (Å²) >= 11 is 0. The number of nitrogens with zero attached hydrogens (tertiary/aromatic N) is 3. The third-order valence-corrected chi connectivity index (χ3v) is 7.28. The maximum Gasteiger partial charge on any atom is 0.280 e. The molecule has 1 aliphatic heterocycles. The highest BCUT2D eigenvalue weighted by molar-refractivity contribution is 7.87. The molecule has 1 saturated heterocycles. The molecule has 3 rings (SSSR count). The van der Waals surface area contributed by atoms with E-state index in [2.05, 4.69) is 15.1 Å². The largest absolute Gasteiger partial charge is 0.493 e. The molecule has 170 valence electrons. The van der Waals surface area contributed by atoms with E-state index in [0.29, 0.717) is 30.9 Å². The normalized spacial score (nSPS) is 20.9. The van der Waals surface area contributed by atoms with Gasteiger partial charge in [0, 0.05) is 31.9 Å². The highest BCUT2D eigenvalue weighted by Crippen LogP contribution is 2.30. The summed E-state index contributed by atoms with van der Waals surface area (Å²) in [5.41, 5.74) is 2.58. The molecule has 0 saturated carbocycles. The van der Waals surface area contributed by atoms with Crippen molar-refractivity contribution in [3.05, 3.63) is 41.2 Å². The number of rotatable bonds is 7. The maximum absolute atomic E-state index is 12.9. The Hall–Kier alpha value is -2.63. The lowest BCUT2D eigenvalue weighted by atomic mass is 10.00. The Morgan fingerprint density at radius 1 is 1.26 bits per heavy atom. The van der Waals surface area contributed by atoms with E-state index in [1.54, 1.807) is 32.1 Å². The maximum atomic E-state index is 12.9. The van der Waals surface area contributed by atoms with Crippen LogP contribution in [0.1, 0.15) is 29.3 Å². The predicted molar refractivity (Wildman–Crippen MR) is 115 cm³/mol. The number of aromatic nitrogens is 2. The number of methoxy groups -OCH3 is 2. The van der Waals surface area contributed by atoms with Gasteiger partial charge in [0.1, 0.15) is 6.04 Å². The summed E-state index contributed by atoms with van der Waals surface area (Å²) in [6, 6.07) is 4.23. The van der Waals surface area contributed by atoms with Crippen molar-refractivity contribution in [1.29, 1.82) is 0 Å². The lowest BCUT2D eigenvalue weighted by Gasteiger charge is -2.36. The van der Waals surface area contributed by atoms with Crippen LogP contribution in [0.5, 0.6) is 11.5 Å². The number of aryl methyl sites for hydroxylation is 1.